The number of halogens is 1. The van der Waals surface area contributed by atoms with E-state index < -0.39 is 30.7 Å². The summed E-state index contributed by atoms with van der Waals surface area (Å²) in [4.78, 5) is 89.4. The molecule has 0 radical (unpaired) electrons. The van der Waals surface area contributed by atoms with Crippen molar-refractivity contribution in [3.05, 3.63) is 76.3 Å². The van der Waals surface area contributed by atoms with Gasteiger partial charge in [0, 0.05) is 101 Å². The summed E-state index contributed by atoms with van der Waals surface area (Å²) < 4.78 is 39.3. The molecule has 4 N–H and O–H groups in total. The fourth-order valence-electron chi connectivity index (χ4n) is 9.17. The number of hydrogen-bond acceptors (Lipinski definition) is 15. The Morgan fingerprint density at radius 2 is 1.00 bits per heavy atom. The summed E-state index contributed by atoms with van der Waals surface area (Å²) in [6.45, 7) is 18.4. The highest BCUT2D eigenvalue weighted by Gasteiger charge is 2.31. The molecule has 0 saturated carbocycles. The predicted molar refractivity (Wildman–Crippen MR) is 291 cm³/mol. The summed E-state index contributed by atoms with van der Waals surface area (Å²) in [5, 5.41) is 10.6. The van der Waals surface area contributed by atoms with Crippen LogP contribution in [0.4, 0.5) is 31.4 Å². The zero-order chi connectivity index (χ0) is 56.1. The molecule has 5 heterocycles. The second kappa shape index (κ2) is 30.7. The number of carbonyl (C=O) groups excluding carboxylic acids is 7. The molecule has 5 aliphatic rings. The van der Waals surface area contributed by atoms with Crippen LogP contribution in [-0.4, -0.2) is 157 Å². The Morgan fingerprint density at radius 3 is 1.46 bits per heavy atom. The van der Waals surface area contributed by atoms with Gasteiger partial charge in [-0.25, -0.2) is 14.4 Å². The Bertz CT molecular complexity index is 2430. The molecule has 22 nitrogen and oxygen atoms in total. The average molecular weight is 1110 g/mol. The molecule has 0 unspecified atom stereocenters. The van der Waals surface area contributed by atoms with Crippen LogP contribution in [0.15, 0.2) is 54.6 Å². The number of carbonyl (C=O) groups is 7. The summed E-state index contributed by atoms with van der Waals surface area (Å²) in [6, 6.07) is 14.6. The third-order valence-corrected chi connectivity index (χ3v) is 13.5. The van der Waals surface area contributed by atoms with Gasteiger partial charge in [0.15, 0.2) is 12.6 Å². The zero-order valence-corrected chi connectivity index (χ0v) is 46.3. The standard InChI is InChI=1S/C22H30N4O4.C17H24N2O5.C16H21ClN2O5/c1-15-2-3-16(14-19(15)26-13-8-20(27)24-22(26)29)21(28)25-11-6-18(7-12-25)30-17-4-9-23-10-5-17;1-4-22-16(23-5-2)11-24-13-6-7-14(12(3)10-13)19-9-8-15(20)18-17(19)21;1-3-22-15(23-4-2)10-24-11-5-6-13(12(17)9-11)19-8-7-14(20)18-16(19)21/h2-3,14,17-18,23H,4-13H2,1H3,(H,24,27,29);6-7,10,16H,4-5,8-9,11H2,1-3H3,(H,18,20,21);5-6,9,15H,3-4,7-8,10H2,1-2H3,(H,18,20,21). The number of amides is 10. The van der Waals surface area contributed by atoms with Crippen molar-refractivity contribution in [3.8, 4) is 11.5 Å². The van der Waals surface area contributed by atoms with Gasteiger partial charge < -0.3 is 43.4 Å². The molecule has 0 spiro atoms. The zero-order valence-electron chi connectivity index (χ0n) is 45.5. The van der Waals surface area contributed by atoms with Gasteiger partial charge in [-0.05, 0) is 134 Å². The van der Waals surface area contributed by atoms with E-state index in [1.54, 1.807) is 35.2 Å². The van der Waals surface area contributed by atoms with Gasteiger partial charge in [-0.2, -0.15) is 0 Å². The molecule has 0 bridgehead atoms. The number of hydrogen-bond donors (Lipinski definition) is 4. The molecule has 5 aliphatic heterocycles. The second-order valence-electron chi connectivity index (χ2n) is 18.7. The highest BCUT2D eigenvalue weighted by Crippen LogP contribution is 2.32. The third-order valence-electron chi connectivity index (χ3n) is 13.2. The molecular formula is C55H75ClN8O14. The van der Waals surface area contributed by atoms with Crippen LogP contribution in [0.2, 0.25) is 5.02 Å². The molecule has 0 aliphatic carbocycles. The van der Waals surface area contributed by atoms with E-state index in [4.69, 9.17) is 44.8 Å². The fraction of sp³-hybridized carbons (Fsp3) is 0.545. The molecule has 5 fully saturated rings. The van der Waals surface area contributed by atoms with E-state index in [1.165, 1.54) is 9.80 Å². The monoisotopic (exact) mass is 1110 g/mol. The molecule has 3 aromatic rings. The first-order chi connectivity index (χ1) is 37.6. The number of ether oxygens (including phenoxy) is 7. The highest BCUT2D eigenvalue weighted by molar-refractivity contribution is 6.34. The lowest BCUT2D eigenvalue weighted by molar-refractivity contribution is -0.152. The van der Waals surface area contributed by atoms with Gasteiger partial charge in [-0.1, -0.05) is 17.7 Å². The van der Waals surface area contributed by atoms with Gasteiger partial charge in [0.05, 0.1) is 22.9 Å². The van der Waals surface area contributed by atoms with E-state index in [-0.39, 0.29) is 49.2 Å². The van der Waals surface area contributed by atoms with Crippen molar-refractivity contribution >= 4 is 70.4 Å². The number of likely N-dealkylation sites (tertiary alicyclic amines) is 1. The number of imide groups is 3. The molecule has 23 heteroatoms. The van der Waals surface area contributed by atoms with Gasteiger partial charge in [0.2, 0.25) is 17.7 Å². The molecule has 3 aromatic carbocycles. The van der Waals surface area contributed by atoms with Crippen LogP contribution < -0.4 is 45.4 Å². The molecule has 0 aromatic heterocycles. The van der Waals surface area contributed by atoms with Gasteiger partial charge >= 0.3 is 18.1 Å². The van der Waals surface area contributed by atoms with Crippen molar-refractivity contribution in [2.45, 2.75) is 111 Å². The third kappa shape index (κ3) is 17.8. The largest absolute Gasteiger partial charge is 0.488 e. The first-order valence-corrected chi connectivity index (χ1v) is 27.2. The summed E-state index contributed by atoms with van der Waals surface area (Å²) in [6.07, 6.45) is 4.32. The van der Waals surface area contributed by atoms with Crippen molar-refractivity contribution in [1.82, 2.24) is 26.2 Å². The molecular weight excluding hydrogens is 1030 g/mol. The van der Waals surface area contributed by atoms with Crippen LogP contribution in [0.25, 0.3) is 0 Å². The Labute approximate surface area is 460 Å². The van der Waals surface area contributed by atoms with Crippen LogP contribution in [0.5, 0.6) is 11.5 Å². The minimum atomic E-state index is -0.477. The van der Waals surface area contributed by atoms with Crippen LogP contribution in [0.1, 0.15) is 94.1 Å². The van der Waals surface area contributed by atoms with Gasteiger partial charge in [-0.3, -0.25) is 49.8 Å². The first-order valence-electron chi connectivity index (χ1n) is 26.8. The Morgan fingerprint density at radius 1 is 0.551 bits per heavy atom. The summed E-state index contributed by atoms with van der Waals surface area (Å²) in [7, 11) is 0. The molecule has 5 saturated heterocycles. The number of urea groups is 3. The van der Waals surface area contributed by atoms with Crippen molar-refractivity contribution < 1.29 is 66.7 Å². The molecule has 0 atom stereocenters. The van der Waals surface area contributed by atoms with Crippen LogP contribution >= 0.6 is 11.6 Å². The Kier molecular flexibility index (Phi) is 23.9. The number of piperidine rings is 2. The number of rotatable bonds is 20. The lowest BCUT2D eigenvalue weighted by Gasteiger charge is -2.35. The smallest absolute Gasteiger partial charge is 0.328 e. The summed E-state index contributed by atoms with van der Waals surface area (Å²) >= 11 is 6.25. The molecule has 78 heavy (non-hydrogen) atoms. The topological polar surface area (TPSA) is 245 Å². The van der Waals surface area contributed by atoms with Crippen LogP contribution in [0, 0.1) is 13.8 Å². The van der Waals surface area contributed by atoms with Crippen molar-refractivity contribution in [2.75, 3.05) is 100 Å². The van der Waals surface area contributed by atoms with E-state index in [1.807, 2.05) is 70.7 Å². The molecule has 8 rings (SSSR count). The van der Waals surface area contributed by atoms with E-state index in [2.05, 4.69) is 21.3 Å². The van der Waals surface area contributed by atoms with Crippen molar-refractivity contribution in [2.24, 2.45) is 0 Å². The minimum Gasteiger partial charge on any atom is -0.488 e. The average Bonchev–Trinajstić information content (AvgIpc) is 3.42. The summed E-state index contributed by atoms with van der Waals surface area (Å²) in [5.41, 5.74) is 4.32. The first kappa shape index (κ1) is 60.8. The number of aryl methyl sites for hydroxylation is 2. The minimum absolute atomic E-state index is 0.0231. The molecule has 426 valence electrons. The van der Waals surface area contributed by atoms with Gasteiger partial charge in [-0.15, -0.1) is 0 Å². The van der Waals surface area contributed by atoms with Gasteiger partial charge in [0.25, 0.3) is 5.91 Å². The maximum Gasteiger partial charge on any atom is 0.328 e. The Hall–Kier alpha value is -6.40. The van der Waals surface area contributed by atoms with Gasteiger partial charge in [0.1, 0.15) is 24.7 Å². The predicted octanol–water partition coefficient (Wildman–Crippen LogP) is 6.60. The maximum atomic E-state index is 13.1. The van der Waals surface area contributed by atoms with Crippen molar-refractivity contribution in [1.29, 1.82) is 0 Å². The normalized spacial score (nSPS) is 17.5. The SMILES string of the molecule is CCOC(COc1ccc(N2CCC(=O)NC2=O)c(C)c1)OCC.CCOC(COc1ccc(N2CCC(=O)NC2=O)c(Cl)c1)OCC.Cc1ccc(C(=O)N2CCC(OC3CCNCC3)CC2)cc1N1CCC(=O)NC1=O. The van der Waals surface area contributed by atoms with Crippen LogP contribution in [-0.2, 0) is 38.1 Å². The number of nitrogens with one attached hydrogen (secondary N) is 4. The van der Waals surface area contributed by atoms with Crippen molar-refractivity contribution in [3.63, 3.8) is 0 Å². The molecule has 10 amide bonds. The second-order valence-corrected chi connectivity index (χ2v) is 19.1. The maximum absolute atomic E-state index is 13.1. The van der Waals surface area contributed by atoms with E-state index in [0.717, 1.165) is 55.6 Å². The number of benzene rings is 3. The quantitative estimate of drug-likeness (QED) is 0.0872. The Balaban J connectivity index is 0.000000191. The number of anilines is 3. The lowest BCUT2D eigenvalue weighted by Crippen LogP contribution is -2.50. The van der Waals surface area contributed by atoms with E-state index in [0.29, 0.717) is 112 Å². The highest BCUT2D eigenvalue weighted by atomic mass is 35.5. The van der Waals surface area contributed by atoms with Crippen LogP contribution in [0.3, 0.4) is 0 Å². The summed E-state index contributed by atoms with van der Waals surface area (Å²) in [5.74, 6) is 0.397. The van der Waals surface area contributed by atoms with E-state index >= 15 is 0 Å². The number of nitrogens with zero attached hydrogens (tertiary/aromatic N) is 4. The lowest BCUT2D eigenvalue weighted by atomic mass is 10.0. The fourth-order valence-corrected chi connectivity index (χ4v) is 9.45. The van der Waals surface area contributed by atoms with E-state index in [9.17, 15) is 33.6 Å².